The predicted molar refractivity (Wildman–Crippen MR) is 117 cm³/mol. The molecule has 1 amide bonds. The third kappa shape index (κ3) is 5.42. The van der Waals surface area contributed by atoms with Crippen LogP contribution in [0.1, 0.15) is 36.6 Å². The average molecular weight is 439 g/mol. The van der Waals surface area contributed by atoms with Gasteiger partial charge in [0.15, 0.2) is 0 Å². The Morgan fingerprint density at radius 1 is 1.14 bits per heavy atom. The van der Waals surface area contributed by atoms with Crippen LogP contribution in [0.4, 0.5) is 5.69 Å². The van der Waals surface area contributed by atoms with Crippen LogP contribution in [0.2, 0.25) is 5.02 Å². The zero-order valence-corrected chi connectivity index (χ0v) is 19.1. The minimum Gasteiger partial charge on any atom is -0.495 e. The highest BCUT2D eigenvalue weighted by Crippen LogP contribution is 2.34. The van der Waals surface area contributed by atoms with Crippen molar-refractivity contribution < 1.29 is 17.9 Å². The van der Waals surface area contributed by atoms with E-state index >= 15 is 0 Å². The van der Waals surface area contributed by atoms with Gasteiger partial charge in [0.05, 0.1) is 25.1 Å². The fourth-order valence-corrected chi connectivity index (χ4v) is 4.68. The molecule has 0 aliphatic rings. The summed E-state index contributed by atoms with van der Waals surface area (Å²) in [4.78, 5) is 13.0. The smallest absolute Gasteiger partial charge is 0.244 e. The number of nitrogens with one attached hydrogen (secondary N) is 1. The largest absolute Gasteiger partial charge is 0.495 e. The molecular formula is C21H27ClN2O4S. The van der Waals surface area contributed by atoms with E-state index in [0.29, 0.717) is 10.8 Å². The van der Waals surface area contributed by atoms with Crippen molar-refractivity contribution in [1.29, 1.82) is 0 Å². The second-order valence-electron chi connectivity index (χ2n) is 7.14. The van der Waals surface area contributed by atoms with Gasteiger partial charge in [0.2, 0.25) is 15.9 Å². The zero-order valence-electron chi connectivity index (χ0n) is 17.5. The van der Waals surface area contributed by atoms with Crippen molar-refractivity contribution in [2.75, 3.05) is 17.7 Å². The number of sulfonamides is 1. The second kappa shape index (κ2) is 9.05. The van der Waals surface area contributed by atoms with Crippen LogP contribution >= 0.6 is 11.6 Å². The summed E-state index contributed by atoms with van der Waals surface area (Å²) in [7, 11) is -2.36. The lowest BCUT2D eigenvalue weighted by molar-refractivity contribution is -0.122. The van der Waals surface area contributed by atoms with Crippen LogP contribution in [0.15, 0.2) is 36.4 Å². The van der Waals surface area contributed by atoms with Crippen molar-refractivity contribution in [3.8, 4) is 5.75 Å². The predicted octanol–water partition coefficient (Wildman–Crippen LogP) is 4.00. The molecule has 29 heavy (non-hydrogen) atoms. The minimum atomic E-state index is -3.79. The number of hydrogen-bond acceptors (Lipinski definition) is 4. The van der Waals surface area contributed by atoms with Gasteiger partial charge in [-0.25, -0.2) is 8.42 Å². The number of hydrogen-bond donors (Lipinski definition) is 1. The molecule has 158 valence electrons. The molecule has 0 saturated carbocycles. The van der Waals surface area contributed by atoms with Gasteiger partial charge < -0.3 is 10.1 Å². The number of ether oxygens (including phenoxy) is 1. The molecule has 0 fully saturated rings. The number of nitrogens with zero attached hydrogens (tertiary/aromatic N) is 1. The third-order valence-electron chi connectivity index (χ3n) is 4.72. The van der Waals surface area contributed by atoms with E-state index in [1.165, 1.54) is 20.1 Å². The van der Waals surface area contributed by atoms with Crippen LogP contribution < -0.4 is 14.4 Å². The van der Waals surface area contributed by atoms with Gasteiger partial charge in [-0.05, 0) is 57.0 Å². The maximum Gasteiger partial charge on any atom is 0.244 e. The molecule has 0 unspecified atom stereocenters. The molecular weight excluding hydrogens is 412 g/mol. The molecule has 0 spiro atoms. The SMILES string of the molecule is COc1ccc(Cl)cc1N([C@@H](C)C(=O)N[C@H](C)c1ccc(C)cc1C)S(C)(=O)=O. The normalized spacial score (nSPS) is 13.5. The maximum absolute atomic E-state index is 13.0. The molecule has 1 N–H and O–H groups in total. The van der Waals surface area contributed by atoms with E-state index in [0.717, 1.165) is 27.3 Å². The summed E-state index contributed by atoms with van der Waals surface area (Å²) < 4.78 is 31.4. The quantitative estimate of drug-likeness (QED) is 0.708. The first-order chi connectivity index (χ1) is 13.5. The van der Waals surface area contributed by atoms with E-state index < -0.39 is 22.0 Å². The fourth-order valence-electron chi connectivity index (χ4n) is 3.34. The third-order valence-corrected chi connectivity index (χ3v) is 6.18. The highest BCUT2D eigenvalue weighted by atomic mass is 35.5. The average Bonchev–Trinajstić information content (AvgIpc) is 2.60. The number of amides is 1. The lowest BCUT2D eigenvalue weighted by Gasteiger charge is -2.30. The molecule has 0 aliphatic carbocycles. The monoisotopic (exact) mass is 438 g/mol. The Hall–Kier alpha value is -2.25. The highest BCUT2D eigenvalue weighted by molar-refractivity contribution is 7.92. The number of carbonyl (C=O) groups excluding carboxylic acids is 1. The fraction of sp³-hybridized carbons (Fsp3) is 0.381. The summed E-state index contributed by atoms with van der Waals surface area (Å²) in [5, 5.41) is 3.25. The van der Waals surface area contributed by atoms with Gasteiger partial charge >= 0.3 is 0 Å². The molecule has 0 radical (unpaired) electrons. The summed E-state index contributed by atoms with van der Waals surface area (Å²) in [5.41, 5.74) is 3.38. The number of rotatable bonds is 7. The van der Waals surface area contributed by atoms with Crippen LogP contribution in [0.5, 0.6) is 5.75 Å². The molecule has 8 heteroatoms. The molecule has 6 nitrogen and oxygen atoms in total. The Balaban J connectivity index is 2.36. The number of benzene rings is 2. The van der Waals surface area contributed by atoms with Crippen molar-refractivity contribution >= 4 is 33.2 Å². The lowest BCUT2D eigenvalue weighted by Crippen LogP contribution is -2.48. The number of halogens is 1. The second-order valence-corrected chi connectivity index (χ2v) is 9.44. The van der Waals surface area contributed by atoms with Gasteiger partial charge in [0, 0.05) is 5.02 Å². The molecule has 0 bridgehead atoms. The van der Waals surface area contributed by atoms with Gasteiger partial charge in [-0.3, -0.25) is 9.10 Å². The Morgan fingerprint density at radius 2 is 1.79 bits per heavy atom. The number of anilines is 1. The van der Waals surface area contributed by atoms with E-state index in [2.05, 4.69) is 5.32 Å². The van der Waals surface area contributed by atoms with Gasteiger partial charge in [-0.1, -0.05) is 35.4 Å². The van der Waals surface area contributed by atoms with Gasteiger partial charge in [0.1, 0.15) is 11.8 Å². The highest BCUT2D eigenvalue weighted by Gasteiger charge is 2.32. The molecule has 0 saturated heterocycles. The maximum atomic E-state index is 13.0. The molecule has 2 rings (SSSR count). The summed E-state index contributed by atoms with van der Waals surface area (Å²) in [6.45, 7) is 7.39. The van der Waals surface area contributed by atoms with Crippen molar-refractivity contribution in [2.24, 2.45) is 0 Å². The lowest BCUT2D eigenvalue weighted by atomic mass is 10.00. The van der Waals surface area contributed by atoms with Crippen LogP contribution in [-0.4, -0.2) is 33.7 Å². The number of aryl methyl sites for hydroxylation is 2. The van der Waals surface area contributed by atoms with Crippen molar-refractivity contribution in [2.45, 2.75) is 39.8 Å². The van der Waals surface area contributed by atoms with Gasteiger partial charge in [-0.15, -0.1) is 0 Å². The minimum absolute atomic E-state index is 0.212. The number of methoxy groups -OCH3 is 1. The van der Waals surface area contributed by atoms with E-state index in [4.69, 9.17) is 16.3 Å². The van der Waals surface area contributed by atoms with Gasteiger partial charge in [0.25, 0.3) is 0 Å². The molecule has 2 aromatic rings. The topological polar surface area (TPSA) is 75.7 Å². The molecule has 0 aromatic heterocycles. The van der Waals surface area contributed by atoms with Crippen LogP contribution in [-0.2, 0) is 14.8 Å². The van der Waals surface area contributed by atoms with Crippen molar-refractivity contribution in [1.82, 2.24) is 5.32 Å². The number of carbonyl (C=O) groups is 1. The van der Waals surface area contributed by atoms with E-state index in [1.54, 1.807) is 12.1 Å². The molecule has 0 aliphatic heterocycles. The zero-order chi connectivity index (χ0) is 21.9. The first kappa shape index (κ1) is 23.0. The van der Waals surface area contributed by atoms with E-state index in [-0.39, 0.29) is 11.7 Å². The summed E-state index contributed by atoms with van der Waals surface area (Å²) in [6, 6.07) is 9.33. The van der Waals surface area contributed by atoms with Crippen LogP contribution in [0, 0.1) is 13.8 Å². The first-order valence-electron chi connectivity index (χ1n) is 9.16. The van der Waals surface area contributed by atoms with Gasteiger partial charge in [-0.2, -0.15) is 0 Å². The van der Waals surface area contributed by atoms with E-state index in [9.17, 15) is 13.2 Å². The summed E-state index contributed by atoms with van der Waals surface area (Å²) in [5.74, 6) is -0.119. The summed E-state index contributed by atoms with van der Waals surface area (Å²) in [6.07, 6.45) is 1.05. The molecule has 2 atom stereocenters. The Bertz CT molecular complexity index is 1010. The van der Waals surface area contributed by atoms with Crippen molar-refractivity contribution in [3.63, 3.8) is 0 Å². The molecule has 0 heterocycles. The Kier molecular flexibility index (Phi) is 7.19. The summed E-state index contributed by atoms with van der Waals surface area (Å²) >= 11 is 6.07. The van der Waals surface area contributed by atoms with E-state index in [1.807, 2.05) is 39.0 Å². The first-order valence-corrected chi connectivity index (χ1v) is 11.4. The standard InChI is InChI=1S/C21H27ClN2O4S/c1-13-7-9-18(14(2)11-13)15(3)23-21(25)16(4)24(29(6,26)27)19-12-17(22)8-10-20(19)28-5/h7-12,15-16H,1-6H3,(H,23,25)/t15-,16+/m1/s1. The Labute approximate surface area is 177 Å². The van der Waals surface area contributed by atoms with Crippen molar-refractivity contribution in [3.05, 3.63) is 58.1 Å². The van der Waals surface area contributed by atoms with Crippen LogP contribution in [0.3, 0.4) is 0 Å². The Morgan fingerprint density at radius 3 is 2.34 bits per heavy atom. The van der Waals surface area contributed by atoms with Crippen LogP contribution in [0.25, 0.3) is 0 Å². The molecule has 2 aromatic carbocycles.